The van der Waals surface area contributed by atoms with Crippen LogP contribution in [0.25, 0.3) is 33.4 Å². The van der Waals surface area contributed by atoms with Crippen molar-refractivity contribution in [3.05, 3.63) is 73.2 Å². The second-order valence-corrected chi connectivity index (χ2v) is 4.66. The summed E-state index contributed by atoms with van der Waals surface area (Å²) < 4.78 is 11.1. The van der Waals surface area contributed by atoms with Crippen LogP contribution in [0.4, 0.5) is 0 Å². The second-order valence-electron chi connectivity index (χ2n) is 4.66. The Kier molecular flexibility index (Phi) is 2.46. The molecule has 0 saturated heterocycles. The third kappa shape index (κ3) is 1.66. The molecule has 4 rings (SSSR count). The highest BCUT2D eigenvalue weighted by molar-refractivity contribution is 6.04. The molecule has 0 bridgehead atoms. The minimum Gasteiger partial charge on any atom is -0.464 e. The summed E-state index contributed by atoms with van der Waals surface area (Å²) in [6.45, 7) is 0. The molecule has 2 aromatic heterocycles. The third-order valence-corrected chi connectivity index (χ3v) is 3.48. The minimum absolute atomic E-state index is 0.870. The van der Waals surface area contributed by atoms with E-state index in [1.165, 1.54) is 5.39 Å². The zero-order chi connectivity index (χ0) is 13.4. The molecule has 0 aliphatic heterocycles. The van der Waals surface area contributed by atoms with E-state index in [2.05, 4.69) is 24.3 Å². The Bertz CT molecular complexity index is 771. The molecule has 0 amide bonds. The summed E-state index contributed by atoms with van der Waals surface area (Å²) in [5, 5.41) is 2.33. The first-order chi connectivity index (χ1) is 9.93. The van der Waals surface area contributed by atoms with Crippen LogP contribution >= 0.6 is 0 Å². The predicted octanol–water partition coefficient (Wildman–Crippen LogP) is 5.36. The maximum absolute atomic E-state index is 5.57. The number of fused-ring (bicyclic) bond motifs is 1. The lowest BCUT2D eigenvalue weighted by Crippen LogP contribution is -1.83. The highest BCUT2D eigenvalue weighted by Crippen LogP contribution is 2.36. The van der Waals surface area contributed by atoms with E-state index in [1.54, 1.807) is 12.5 Å². The van der Waals surface area contributed by atoms with Gasteiger partial charge in [0, 0.05) is 16.5 Å². The predicted molar refractivity (Wildman–Crippen MR) is 79.4 cm³/mol. The molecule has 0 spiro atoms. The largest absolute Gasteiger partial charge is 0.464 e. The van der Waals surface area contributed by atoms with Crippen molar-refractivity contribution in [2.75, 3.05) is 0 Å². The second kappa shape index (κ2) is 4.42. The average Bonchev–Trinajstić information content (AvgIpc) is 3.19. The summed E-state index contributed by atoms with van der Waals surface area (Å²) in [4.78, 5) is 0. The number of hydrogen-bond acceptors (Lipinski definition) is 2. The summed E-state index contributed by atoms with van der Waals surface area (Å²) in [6.07, 6.45) is 3.40. The molecule has 0 saturated carbocycles. The summed E-state index contributed by atoms with van der Waals surface area (Å²) >= 11 is 0. The first-order valence-corrected chi connectivity index (χ1v) is 6.53. The van der Waals surface area contributed by atoms with Gasteiger partial charge in [-0.15, -0.1) is 0 Å². The van der Waals surface area contributed by atoms with E-state index in [9.17, 15) is 0 Å². The summed E-state index contributed by atoms with van der Waals surface area (Å²) in [5.74, 6) is 1.74. The molecule has 0 N–H and O–H groups in total. The van der Waals surface area contributed by atoms with Gasteiger partial charge in [0.15, 0.2) is 0 Å². The molecule has 2 aromatic carbocycles. The van der Waals surface area contributed by atoms with Crippen LogP contribution in [-0.4, -0.2) is 0 Å². The summed E-state index contributed by atoms with van der Waals surface area (Å²) in [6, 6.07) is 20.2. The molecular weight excluding hydrogens is 248 g/mol. The molecule has 2 nitrogen and oxygen atoms in total. The van der Waals surface area contributed by atoms with Gasteiger partial charge in [-0.25, -0.2) is 0 Å². The molecular formula is C18H12O2. The van der Waals surface area contributed by atoms with Crippen molar-refractivity contribution in [2.24, 2.45) is 0 Å². The van der Waals surface area contributed by atoms with Crippen molar-refractivity contribution >= 4 is 10.8 Å². The van der Waals surface area contributed by atoms with Gasteiger partial charge in [0.25, 0.3) is 0 Å². The van der Waals surface area contributed by atoms with Crippen molar-refractivity contribution in [1.82, 2.24) is 0 Å². The maximum Gasteiger partial charge on any atom is 0.134 e. The molecule has 4 aromatic rings. The van der Waals surface area contributed by atoms with Crippen LogP contribution in [0, 0.1) is 0 Å². The fourth-order valence-electron chi connectivity index (χ4n) is 2.62. The Morgan fingerprint density at radius 3 is 1.55 bits per heavy atom. The van der Waals surface area contributed by atoms with Crippen LogP contribution in [-0.2, 0) is 0 Å². The standard InChI is InChI=1S/C18H12O2/c1-5-13-6-2-8-15(17-10-4-12-20-17)18(13)14(7-1)16-9-3-11-19-16/h1-12H. The van der Waals surface area contributed by atoms with Crippen LogP contribution in [0.2, 0.25) is 0 Å². The van der Waals surface area contributed by atoms with E-state index >= 15 is 0 Å². The quantitative estimate of drug-likeness (QED) is 0.485. The maximum atomic E-state index is 5.57. The highest BCUT2D eigenvalue weighted by atomic mass is 16.3. The fraction of sp³-hybridized carbons (Fsp3) is 0. The number of benzene rings is 2. The highest BCUT2D eigenvalue weighted by Gasteiger charge is 2.12. The monoisotopic (exact) mass is 260 g/mol. The number of rotatable bonds is 2. The van der Waals surface area contributed by atoms with Crippen molar-refractivity contribution in [2.45, 2.75) is 0 Å². The molecule has 0 aliphatic carbocycles. The van der Waals surface area contributed by atoms with Crippen molar-refractivity contribution in [1.29, 1.82) is 0 Å². The van der Waals surface area contributed by atoms with E-state index in [4.69, 9.17) is 8.83 Å². The van der Waals surface area contributed by atoms with Gasteiger partial charge in [-0.05, 0) is 29.7 Å². The average molecular weight is 260 g/mol. The van der Waals surface area contributed by atoms with Crippen molar-refractivity contribution in [3.8, 4) is 22.6 Å². The first-order valence-electron chi connectivity index (χ1n) is 6.53. The topological polar surface area (TPSA) is 26.3 Å². The van der Waals surface area contributed by atoms with Crippen molar-refractivity contribution < 1.29 is 8.83 Å². The van der Waals surface area contributed by atoms with Gasteiger partial charge in [-0.2, -0.15) is 0 Å². The van der Waals surface area contributed by atoms with Crippen molar-refractivity contribution in [3.63, 3.8) is 0 Å². The Labute approximate surface area is 116 Å². The molecule has 20 heavy (non-hydrogen) atoms. The molecule has 0 unspecified atom stereocenters. The van der Waals surface area contributed by atoms with Gasteiger partial charge >= 0.3 is 0 Å². The van der Waals surface area contributed by atoms with Gasteiger partial charge in [-0.1, -0.05) is 36.4 Å². The lowest BCUT2D eigenvalue weighted by molar-refractivity contribution is 0.581. The Morgan fingerprint density at radius 2 is 1.10 bits per heavy atom. The number of furan rings is 2. The Balaban J connectivity index is 2.11. The van der Waals surface area contributed by atoms with E-state index in [-0.39, 0.29) is 0 Å². The fourth-order valence-corrected chi connectivity index (χ4v) is 2.62. The van der Waals surface area contributed by atoms with Crippen LogP contribution in [0.3, 0.4) is 0 Å². The van der Waals surface area contributed by atoms with Crippen LogP contribution in [0.15, 0.2) is 82.0 Å². The molecule has 2 heterocycles. The smallest absolute Gasteiger partial charge is 0.134 e. The first kappa shape index (κ1) is 11.1. The number of hydrogen-bond donors (Lipinski definition) is 0. The lowest BCUT2D eigenvalue weighted by atomic mass is 9.96. The SMILES string of the molecule is c1coc(-c2cccc3cccc(-c4ccco4)c23)c1. The zero-order valence-corrected chi connectivity index (χ0v) is 10.7. The van der Waals surface area contributed by atoms with Gasteiger partial charge < -0.3 is 8.83 Å². The normalized spacial score (nSPS) is 11.0. The van der Waals surface area contributed by atoms with Gasteiger partial charge in [0.05, 0.1) is 12.5 Å². The van der Waals surface area contributed by atoms with E-state index in [0.717, 1.165) is 28.0 Å². The third-order valence-electron chi connectivity index (χ3n) is 3.48. The van der Waals surface area contributed by atoms with Gasteiger partial charge in [0.1, 0.15) is 11.5 Å². The van der Waals surface area contributed by atoms with Gasteiger partial charge in [-0.3, -0.25) is 0 Å². The molecule has 96 valence electrons. The van der Waals surface area contributed by atoms with Crippen LogP contribution < -0.4 is 0 Å². The molecule has 2 heteroatoms. The zero-order valence-electron chi connectivity index (χ0n) is 10.7. The van der Waals surface area contributed by atoms with E-state index in [0.29, 0.717) is 0 Å². The minimum atomic E-state index is 0.870. The Hall–Kier alpha value is -2.74. The summed E-state index contributed by atoms with van der Waals surface area (Å²) in [7, 11) is 0. The van der Waals surface area contributed by atoms with E-state index < -0.39 is 0 Å². The molecule has 0 fully saturated rings. The van der Waals surface area contributed by atoms with E-state index in [1.807, 2.05) is 36.4 Å². The Morgan fingerprint density at radius 1 is 0.550 bits per heavy atom. The molecule has 0 atom stereocenters. The van der Waals surface area contributed by atoms with Crippen LogP contribution in [0.5, 0.6) is 0 Å². The lowest BCUT2D eigenvalue weighted by Gasteiger charge is -2.08. The molecule has 0 radical (unpaired) electrons. The summed E-state index contributed by atoms with van der Waals surface area (Å²) in [5.41, 5.74) is 2.17. The van der Waals surface area contributed by atoms with Crippen LogP contribution in [0.1, 0.15) is 0 Å². The molecule has 0 aliphatic rings. The van der Waals surface area contributed by atoms with Gasteiger partial charge in [0.2, 0.25) is 0 Å².